The number of pyridine rings is 1. The fraction of sp³-hybridized carbons (Fsp3) is 0.118. The Bertz CT molecular complexity index is 792. The van der Waals surface area contributed by atoms with Gasteiger partial charge in [0.2, 0.25) is 5.95 Å². The molecular weight excluding hydrogens is 401 g/mol. The van der Waals surface area contributed by atoms with Crippen LogP contribution in [-0.2, 0) is 0 Å². The molecule has 0 aliphatic heterocycles. The maximum Gasteiger partial charge on any atom is 0.225 e. The number of benzene rings is 1. The number of rotatable bonds is 5. The zero-order chi connectivity index (χ0) is 16.1. The Morgan fingerprint density at radius 3 is 2.57 bits per heavy atom. The highest BCUT2D eigenvalue weighted by Crippen LogP contribution is 2.24. The molecule has 0 radical (unpaired) electrons. The standard InChI is InChI=1S/C17H16IN5/c1-2-19-17-22-15(14-9-5-6-10-20-14)11-16(23-17)21-13-8-4-3-7-12(13)18/h3-11H,2H2,1H3,(H2,19,21,22,23). The zero-order valence-electron chi connectivity index (χ0n) is 12.6. The van der Waals surface area contributed by atoms with Crippen molar-refractivity contribution in [2.45, 2.75) is 6.92 Å². The summed E-state index contributed by atoms with van der Waals surface area (Å²) in [5.74, 6) is 1.32. The molecule has 0 saturated carbocycles. The second-order valence-corrected chi connectivity index (χ2v) is 5.97. The number of anilines is 3. The second-order valence-electron chi connectivity index (χ2n) is 4.81. The van der Waals surface area contributed by atoms with Crippen molar-refractivity contribution >= 4 is 40.0 Å². The van der Waals surface area contributed by atoms with Gasteiger partial charge < -0.3 is 10.6 Å². The first-order valence-corrected chi connectivity index (χ1v) is 8.40. The molecule has 0 unspecified atom stereocenters. The number of hydrogen-bond donors (Lipinski definition) is 2. The summed E-state index contributed by atoms with van der Waals surface area (Å²) in [6.45, 7) is 2.78. The summed E-state index contributed by atoms with van der Waals surface area (Å²) in [5, 5.41) is 6.52. The van der Waals surface area contributed by atoms with Gasteiger partial charge in [-0.15, -0.1) is 0 Å². The molecule has 3 rings (SSSR count). The lowest BCUT2D eigenvalue weighted by atomic mass is 10.2. The average molecular weight is 417 g/mol. The highest BCUT2D eigenvalue weighted by molar-refractivity contribution is 14.1. The average Bonchev–Trinajstić information content (AvgIpc) is 2.58. The van der Waals surface area contributed by atoms with Gasteiger partial charge in [-0.2, -0.15) is 4.98 Å². The molecule has 6 heteroatoms. The monoisotopic (exact) mass is 417 g/mol. The maximum absolute atomic E-state index is 4.53. The minimum Gasteiger partial charge on any atom is -0.354 e. The van der Waals surface area contributed by atoms with E-state index in [4.69, 9.17) is 0 Å². The van der Waals surface area contributed by atoms with E-state index in [1.165, 1.54) is 0 Å². The summed E-state index contributed by atoms with van der Waals surface area (Å²) in [5.41, 5.74) is 2.62. The van der Waals surface area contributed by atoms with E-state index in [2.05, 4.69) is 54.2 Å². The van der Waals surface area contributed by atoms with E-state index < -0.39 is 0 Å². The first-order valence-electron chi connectivity index (χ1n) is 7.32. The first kappa shape index (κ1) is 15.7. The highest BCUT2D eigenvalue weighted by atomic mass is 127. The summed E-state index contributed by atoms with van der Waals surface area (Å²) in [4.78, 5) is 13.4. The summed E-state index contributed by atoms with van der Waals surface area (Å²) in [6, 6.07) is 15.8. The molecule has 0 aliphatic rings. The molecule has 2 heterocycles. The molecule has 2 aromatic heterocycles. The minimum atomic E-state index is 0.587. The van der Waals surface area contributed by atoms with Crippen LogP contribution in [0.25, 0.3) is 11.4 Å². The number of hydrogen-bond acceptors (Lipinski definition) is 5. The summed E-state index contributed by atoms with van der Waals surface area (Å²) in [7, 11) is 0. The molecule has 0 fully saturated rings. The van der Waals surface area contributed by atoms with Crippen LogP contribution in [0.15, 0.2) is 54.7 Å². The Kier molecular flexibility index (Phi) is 5.02. The summed E-state index contributed by atoms with van der Waals surface area (Å²) < 4.78 is 1.13. The predicted molar refractivity (Wildman–Crippen MR) is 102 cm³/mol. The molecule has 5 nitrogen and oxygen atoms in total. The Morgan fingerprint density at radius 2 is 1.83 bits per heavy atom. The number of para-hydroxylation sites is 1. The topological polar surface area (TPSA) is 62.7 Å². The van der Waals surface area contributed by atoms with Gasteiger partial charge in [-0.1, -0.05) is 18.2 Å². The molecule has 0 aliphatic carbocycles. The lowest BCUT2D eigenvalue weighted by molar-refractivity contribution is 1.08. The van der Waals surface area contributed by atoms with Gasteiger partial charge in [-0.3, -0.25) is 4.98 Å². The van der Waals surface area contributed by atoms with E-state index in [-0.39, 0.29) is 0 Å². The lowest BCUT2D eigenvalue weighted by Gasteiger charge is -2.11. The van der Waals surface area contributed by atoms with Crippen molar-refractivity contribution in [2.75, 3.05) is 17.2 Å². The smallest absolute Gasteiger partial charge is 0.225 e. The van der Waals surface area contributed by atoms with Gasteiger partial charge in [0.25, 0.3) is 0 Å². The van der Waals surface area contributed by atoms with Crippen molar-refractivity contribution in [3.63, 3.8) is 0 Å². The van der Waals surface area contributed by atoms with Gasteiger partial charge in [0.15, 0.2) is 0 Å². The second kappa shape index (κ2) is 7.36. The quantitative estimate of drug-likeness (QED) is 0.606. The van der Waals surface area contributed by atoms with E-state index in [9.17, 15) is 0 Å². The van der Waals surface area contributed by atoms with Crippen LogP contribution in [-0.4, -0.2) is 21.5 Å². The van der Waals surface area contributed by atoms with Gasteiger partial charge >= 0.3 is 0 Å². The van der Waals surface area contributed by atoms with Crippen LogP contribution in [0.5, 0.6) is 0 Å². The largest absolute Gasteiger partial charge is 0.354 e. The Hall–Kier alpha value is -2.22. The van der Waals surface area contributed by atoms with Crippen molar-refractivity contribution < 1.29 is 0 Å². The van der Waals surface area contributed by atoms with Crippen LogP contribution in [0.4, 0.5) is 17.5 Å². The predicted octanol–water partition coefficient (Wildman–Crippen LogP) is 4.32. The maximum atomic E-state index is 4.53. The molecule has 0 bridgehead atoms. The van der Waals surface area contributed by atoms with Crippen LogP contribution < -0.4 is 10.6 Å². The SMILES string of the molecule is CCNc1nc(Nc2ccccc2I)cc(-c2ccccn2)n1. The van der Waals surface area contributed by atoms with E-state index in [0.29, 0.717) is 5.95 Å². The van der Waals surface area contributed by atoms with Crippen LogP contribution in [0.1, 0.15) is 6.92 Å². The Labute approximate surface area is 148 Å². The molecule has 0 saturated heterocycles. The lowest BCUT2D eigenvalue weighted by Crippen LogP contribution is -2.06. The van der Waals surface area contributed by atoms with Crippen molar-refractivity contribution in [3.8, 4) is 11.4 Å². The number of aromatic nitrogens is 3. The zero-order valence-corrected chi connectivity index (χ0v) is 14.8. The normalized spacial score (nSPS) is 10.3. The van der Waals surface area contributed by atoms with Crippen molar-refractivity contribution in [1.82, 2.24) is 15.0 Å². The minimum absolute atomic E-state index is 0.587. The molecule has 2 N–H and O–H groups in total. The third-order valence-electron chi connectivity index (χ3n) is 3.12. The summed E-state index contributed by atoms with van der Waals surface area (Å²) >= 11 is 2.30. The van der Waals surface area contributed by atoms with Gasteiger partial charge in [-0.05, 0) is 53.8 Å². The molecule has 0 atom stereocenters. The third kappa shape index (κ3) is 3.95. The first-order chi connectivity index (χ1) is 11.3. The number of nitrogens with zero attached hydrogens (tertiary/aromatic N) is 3. The van der Waals surface area contributed by atoms with Gasteiger partial charge in [-0.25, -0.2) is 4.98 Å². The van der Waals surface area contributed by atoms with Crippen LogP contribution in [0, 0.1) is 3.57 Å². The van der Waals surface area contributed by atoms with Crippen molar-refractivity contribution in [2.24, 2.45) is 0 Å². The fourth-order valence-corrected chi connectivity index (χ4v) is 2.62. The Balaban J connectivity index is 1.99. The van der Waals surface area contributed by atoms with Crippen LogP contribution in [0.2, 0.25) is 0 Å². The van der Waals surface area contributed by atoms with Gasteiger partial charge in [0.1, 0.15) is 5.82 Å². The van der Waals surface area contributed by atoms with Crippen LogP contribution in [0.3, 0.4) is 0 Å². The third-order valence-corrected chi connectivity index (χ3v) is 4.07. The molecule has 0 amide bonds. The number of nitrogens with one attached hydrogen (secondary N) is 2. The van der Waals surface area contributed by atoms with Crippen molar-refractivity contribution in [1.29, 1.82) is 0 Å². The van der Waals surface area contributed by atoms with E-state index in [1.807, 2.05) is 49.4 Å². The Morgan fingerprint density at radius 1 is 1.00 bits per heavy atom. The summed E-state index contributed by atoms with van der Waals surface area (Å²) in [6.07, 6.45) is 1.76. The van der Waals surface area contributed by atoms with Crippen LogP contribution >= 0.6 is 22.6 Å². The van der Waals surface area contributed by atoms with Gasteiger partial charge in [0, 0.05) is 22.4 Å². The molecular formula is C17H16IN5. The molecule has 0 spiro atoms. The molecule has 23 heavy (non-hydrogen) atoms. The van der Waals surface area contributed by atoms with Crippen molar-refractivity contribution in [3.05, 3.63) is 58.3 Å². The van der Waals surface area contributed by atoms with Gasteiger partial charge in [0.05, 0.1) is 17.1 Å². The molecule has 3 aromatic rings. The number of halogens is 1. The van der Waals surface area contributed by atoms with E-state index >= 15 is 0 Å². The molecule has 1 aromatic carbocycles. The fourth-order valence-electron chi connectivity index (χ4n) is 2.09. The van der Waals surface area contributed by atoms with E-state index in [1.54, 1.807) is 6.20 Å². The highest BCUT2D eigenvalue weighted by Gasteiger charge is 2.08. The molecule has 116 valence electrons. The van der Waals surface area contributed by atoms with E-state index in [0.717, 1.165) is 33.0 Å².